The first kappa shape index (κ1) is 20.8. The summed E-state index contributed by atoms with van der Waals surface area (Å²) in [5.41, 5.74) is 0.580. The minimum Gasteiger partial charge on any atom is -0.302 e. The zero-order valence-corrected chi connectivity index (χ0v) is 18.0. The topological polar surface area (TPSA) is 36.4 Å². The van der Waals surface area contributed by atoms with Crippen molar-refractivity contribution in [3.8, 4) is 0 Å². The lowest BCUT2D eigenvalue weighted by Gasteiger charge is -2.24. The molecular weight excluding hydrogens is 448 g/mol. The molecule has 0 N–H and O–H groups in total. The maximum Gasteiger partial charge on any atom is 0.260 e. The van der Waals surface area contributed by atoms with Gasteiger partial charge in [-0.25, -0.2) is 13.8 Å². The molecule has 148 valence electrons. The van der Waals surface area contributed by atoms with Crippen LogP contribution in [0.3, 0.4) is 0 Å². The molecule has 0 fully saturated rings. The average Bonchev–Trinajstić information content (AvgIpc) is 3.09. The Morgan fingerprint density at radius 3 is 2.57 bits per heavy atom. The quantitative estimate of drug-likeness (QED) is 0.471. The highest BCUT2D eigenvalue weighted by atomic mass is 79.9. The largest absolute Gasteiger partial charge is 0.302 e. The van der Waals surface area contributed by atoms with E-state index in [0.29, 0.717) is 28.5 Å². The monoisotopic (exact) mass is 467 g/mol. The third-order valence-electron chi connectivity index (χ3n) is 4.48. The molecule has 1 amide bonds. The van der Waals surface area contributed by atoms with Crippen LogP contribution in [0.1, 0.15) is 24.2 Å². The van der Waals surface area contributed by atoms with Crippen molar-refractivity contribution in [3.63, 3.8) is 0 Å². The molecule has 0 aliphatic rings. The SMILES string of the molecule is CCN(CC)CCN(C(=O)c1cccc(Br)c1)c1nc2c(F)cc(F)cc2s1. The fourth-order valence-corrected chi connectivity index (χ4v) is 4.33. The van der Waals surface area contributed by atoms with Crippen molar-refractivity contribution in [3.05, 3.63) is 58.1 Å². The molecule has 3 rings (SSSR count). The summed E-state index contributed by atoms with van der Waals surface area (Å²) in [6, 6.07) is 9.14. The predicted octanol–water partition coefficient (Wildman–Crippen LogP) is 5.33. The number of likely N-dealkylation sites (N-methyl/N-ethyl adjacent to an activating group) is 1. The van der Waals surface area contributed by atoms with Crippen LogP contribution in [0.25, 0.3) is 10.2 Å². The number of hydrogen-bond donors (Lipinski definition) is 0. The van der Waals surface area contributed by atoms with Gasteiger partial charge in [0, 0.05) is 29.2 Å². The fraction of sp³-hybridized carbons (Fsp3) is 0.300. The number of rotatable bonds is 7. The second kappa shape index (κ2) is 9.07. The Labute approximate surface area is 174 Å². The van der Waals surface area contributed by atoms with Gasteiger partial charge in [-0.2, -0.15) is 0 Å². The lowest BCUT2D eigenvalue weighted by atomic mass is 10.2. The summed E-state index contributed by atoms with van der Waals surface area (Å²) in [7, 11) is 0. The van der Waals surface area contributed by atoms with E-state index in [2.05, 4.69) is 39.7 Å². The Hall–Kier alpha value is -1.90. The van der Waals surface area contributed by atoms with Gasteiger partial charge in [0.25, 0.3) is 5.91 Å². The maximum absolute atomic E-state index is 14.1. The summed E-state index contributed by atoms with van der Waals surface area (Å²) in [6.07, 6.45) is 0. The highest BCUT2D eigenvalue weighted by Crippen LogP contribution is 2.32. The molecule has 4 nitrogen and oxygen atoms in total. The Kier molecular flexibility index (Phi) is 6.74. The van der Waals surface area contributed by atoms with E-state index in [-0.39, 0.29) is 11.4 Å². The van der Waals surface area contributed by atoms with Crippen LogP contribution < -0.4 is 4.90 Å². The van der Waals surface area contributed by atoms with E-state index in [9.17, 15) is 13.6 Å². The molecule has 8 heteroatoms. The van der Waals surface area contributed by atoms with Crippen LogP contribution in [0.2, 0.25) is 0 Å². The summed E-state index contributed by atoms with van der Waals surface area (Å²) in [5.74, 6) is -1.61. The number of thiazole rings is 1. The van der Waals surface area contributed by atoms with Crippen LogP contribution in [-0.4, -0.2) is 42.0 Å². The number of nitrogens with zero attached hydrogens (tertiary/aromatic N) is 3. The minimum atomic E-state index is -0.726. The van der Waals surface area contributed by atoms with Crippen LogP contribution in [0.5, 0.6) is 0 Å². The predicted molar refractivity (Wildman–Crippen MR) is 113 cm³/mol. The normalized spacial score (nSPS) is 11.4. The first-order valence-electron chi connectivity index (χ1n) is 8.98. The van der Waals surface area contributed by atoms with Crippen molar-refractivity contribution in [2.75, 3.05) is 31.1 Å². The molecule has 0 aliphatic heterocycles. The summed E-state index contributed by atoms with van der Waals surface area (Å²) >= 11 is 4.49. The summed E-state index contributed by atoms with van der Waals surface area (Å²) < 4.78 is 28.8. The Balaban J connectivity index is 2.00. The molecule has 0 spiro atoms. The van der Waals surface area contributed by atoms with Crippen molar-refractivity contribution in [2.24, 2.45) is 0 Å². The molecule has 0 aliphatic carbocycles. The van der Waals surface area contributed by atoms with Gasteiger partial charge in [-0.05, 0) is 37.4 Å². The molecule has 0 saturated heterocycles. The van der Waals surface area contributed by atoms with Gasteiger partial charge in [-0.1, -0.05) is 47.2 Å². The van der Waals surface area contributed by atoms with Gasteiger partial charge < -0.3 is 4.90 Å². The molecular formula is C20H20BrF2N3OS. The number of fused-ring (bicyclic) bond motifs is 1. The highest BCUT2D eigenvalue weighted by molar-refractivity contribution is 9.10. The van der Waals surface area contributed by atoms with E-state index in [1.807, 2.05) is 6.07 Å². The van der Waals surface area contributed by atoms with Crippen LogP contribution in [0.15, 0.2) is 40.9 Å². The van der Waals surface area contributed by atoms with Crippen LogP contribution in [0, 0.1) is 11.6 Å². The van der Waals surface area contributed by atoms with Crippen LogP contribution in [0.4, 0.5) is 13.9 Å². The van der Waals surface area contributed by atoms with Crippen LogP contribution >= 0.6 is 27.3 Å². The van der Waals surface area contributed by atoms with Gasteiger partial charge in [-0.3, -0.25) is 9.69 Å². The number of anilines is 1. The van der Waals surface area contributed by atoms with E-state index < -0.39 is 11.6 Å². The first-order valence-corrected chi connectivity index (χ1v) is 10.6. The summed E-state index contributed by atoms with van der Waals surface area (Å²) in [4.78, 5) is 21.2. The van der Waals surface area contributed by atoms with Crippen molar-refractivity contribution >= 4 is 48.5 Å². The van der Waals surface area contributed by atoms with Gasteiger partial charge in [0.2, 0.25) is 0 Å². The van der Waals surface area contributed by atoms with Gasteiger partial charge in [0.15, 0.2) is 10.9 Å². The Morgan fingerprint density at radius 1 is 1.14 bits per heavy atom. The molecule has 0 bridgehead atoms. The second-order valence-electron chi connectivity index (χ2n) is 6.22. The number of carbonyl (C=O) groups is 1. The number of hydrogen-bond acceptors (Lipinski definition) is 4. The van der Waals surface area contributed by atoms with E-state index in [1.54, 1.807) is 23.1 Å². The Morgan fingerprint density at radius 2 is 1.89 bits per heavy atom. The molecule has 0 saturated carbocycles. The Bertz CT molecular complexity index is 991. The molecule has 28 heavy (non-hydrogen) atoms. The third kappa shape index (κ3) is 4.56. The minimum absolute atomic E-state index is 0.0799. The summed E-state index contributed by atoms with van der Waals surface area (Å²) in [5, 5.41) is 0.358. The zero-order valence-electron chi connectivity index (χ0n) is 15.6. The van der Waals surface area contributed by atoms with Crippen molar-refractivity contribution in [2.45, 2.75) is 13.8 Å². The number of benzene rings is 2. The molecule has 3 aromatic rings. The number of halogens is 3. The van der Waals surface area contributed by atoms with Gasteiger partial charge in [-0.15, -0.1) is 0 Å². The van der Waals surface area contributed by atoms with E-state index in [4.69, 9.17) is 0 Å². The maximum atomic E-state index is 14.1. The standard InChI is InChI=1S/C20H20BrF2N3OS/c1-3-25(4-2)8-9-26(19(27)13-6-5-7-14(21)10-13)20-24-18-16(23)11-15(22)12-17(18)28-20/h5-7,10-12H,3-4,8-9H2,1-2H3. The molecule has 1 aromatic heterocycles. The zero-order chi connectivity index (χ0) is 20.3. The molecule has 0 atom stereocenters. The van der Waals surface area contributed by atoms with Crippen molar-refractivity contribution in [1.29, 1.82) is 0 Å². The number of carbonyl (C=O) groups excluding carboxylic acids is 1. The van der Waals surface area contributed by atoms with Crippen molar-refractivity contribution < 1.29 is 13.6 Å². The van der Waals surface area contributed by atoms with Crippen molar-refractivity contribution in [1.82, 2.24) is 9.88 Å². The third-order valence-corrected chi connectivity index (χ3v) is 6.00. The second-order valence-corrected chi connectivity index (χ2v) is 8.15. The lowest BCUT2D eigenvalue weighted by molar-refractivity contribution is 0.0983. The van der Waals surface area contributed by atoms with Gasteiger partial charge in [0.05, 0.1) is 4.70 Å². The van der Waals surface area contributed by atoms with E-state index in [1.165, 1.54) is 6.07 Å². The van der Waals surface area contributed by atoms with E-state index >= 15 is 0 Å². The highest BCUT2D eigenvalue weighted by Gasteiger charge is 2.23. The van der Waals surface area contributed by atoms with E-state index in [0.717, 1.165) is 35.0 Å². The van der Waals surface area contributed by atoms with Crippen LogP contribution in [-0.2, 0) is 0 Å². The van der Waals surface area contributed by atoms with Gasteiger partial charge >= 0.3 is 0 Å². The fourth-order valence-electron chi connectivity index (χ4n) is 2.90. The first-order chi connectivity index (χ1) is 13.4. The average molecular weight is 468 g/mol. The molecule has 1 heterocycles. The number of amides is 1. The lowest BCUT2D eigenvalue weighted by Crippen LogP contribution is -2.38. The smallest absolute Gasteiger partial charge is 0.260 e. The van der Waals surface area contributed by atoms with Gasteiger partial charge in [0.1, 0.15) is 11.3 Å². The summed E-state index contributed by atoms with van der Waals surface area (Å²) in [6.45, 7) is 6.88. The number of aromatic nitrogens is 1. The molecule has 2 aromatic carbocycles. The molecule has 0 unspecified atom stereocenters. The molecule has 0 radical (unpaired) electrons.